The van der Waals surface area contributed by atoms with Crippen molar-refractivity contribution in [3.8, 4) is 11.1 Å². The van der Waals surface area contributed by atoms with Crippen molar-refractivity contribution >= 4 is 10.0 Å². The standard InChI is InChI=1S/C41H44N2O6S/c1-29(40(45)33-12-5-3-6-13-33)43(2)27-37-25-39(32-21-19-30(28-44)20-22-32)49-41(48-37)36-16-10-15-35(24-36)34-14-9-11-31(23-34)26-42-50(46,47)38-17-7-4-8-18-38/h3-24,29,37,39-42,44-45H,25-28H2,1-2H3. The molecule has 5 aromatic rings. The van der Waals surface area contributed by atoms with Crippen molar-refractivity contribution in [1.82, 2.24) is 9.62 Å². The van der Waals surface area contributed by atoms with Crippen LogP contribution in [0.15, 0.2) is 138 Å². The van der Waals surface area contributed by atoms with Gasteiger partial charge in [-0.3, -0.25) is 4.90 Å². The van der Waals surface area contributed by atoms with Crippen LogP contribution in [-0.4, -0.2) is 49.3 Å². The Hall–Kier alpha value is -4.19. The summed E-state index contributed by atoms with van der Waals surface area (Å²) < 4.78 is 41.6. The third kappa shape index (κ3) is 8.75. The van der Waals surface area contributed by atoms with Gasteiger partial charge in [-0.05, 0) is 71.6 Å². The third-order valence-electron chi connectivity index (χ3n) is 9.34. The van der Waals surface area contributed by atoms with Gasteiger partial charge in [0.15, 0.2) is 6.29 Å². The maximum absolute atomic E-state index is 12.8. The first-order valence-corrected chi connectivity index (χ1v) is 18.4. The number of hydrogen-bond donors (Lipinski definition) is 3. The second-order valence-electron chi connectivity index (χ2n) is 12.8. The molecule has 5 aromatic carbocycles. The molecule has 3 N–H and O–H groups in total. The molecule has 0 spiro atoms. The minimum Gasteiger partial charge on any atom is -0.392 e. The van der Waals surface area contributed by atoms with E-state index in [2.05, 4.69) is 15.7 Å². The summed E-state index contributed by atoms with van der Waals surface area (Å²) in [4.78, 5) is 2.36. The zero-order valence-electron chi connectivity index (χ0n) is 28.3. The highest BCUT2D eigenvalue weighted by Crippen LogP contribution is 2.39. The molecular formula is C41H44N2O6S. The molecule has 5 unspecified atom stereocenters. The van der Waals surface area contributed by atoms with E-state index in [1.165, 1.54) is 0 Å². The first-order valence-electron chi connectivity index (χ1n) is 16.9. The van der Waals surface area contributed by atoms with E-state index in [0.29, 0.717) is 13.0 Å². The van der Waals surface area contributed by atoms with E-state index in [1.807, 2.05) is 111 Å². The van der Waals surface area contributed by atoms with Crippen LogP contribution in [-0.2, 0) is 32.6 Å². The Bertz CT molecular complexity index is 1940. The second-order valence-corrected chi connectivity index (χ2v) is 14.6. The van der Waals surface area contributed by atoms with Gasteiger partial charge in [0.2, 0.25) is 10.0 Å². The summed E-state index contributed by atoms with van der Waals surface area (Å²) in [6, 6.07) is 41.5. The zero-order chi connectivity index (χ0) is 35.1. The van der Waals surface area contributed by atoms with Crippen molar-refractivity contribution in [3.63, 3.8) is 0 Å². The molecule has 1 fully saturated rings. The van der Waals surface area contributed by atoms with Crippen LogP contribution >= 0.6 is 0 Å². The fourth-order valence-corrected chi connectivity index (χ4v) is 7.32. The normalized spacial score (nSPS) is 19.3. The van der Waals surface area contributed by atoms with Crippen molar-refractivity contribution in [2.45, 2.75) is 62.0 Å². The average Bonchev–Trinajstić information content (AvgIpc) is 3.17. The number of ether oxygens (including phenoxy) is 2. The van der Waals surface area contributed by atoms with E-state index >= 15 is 0 Å². The summed E-state index contributed by atoms with van der Waals surface area (Å²) in [5.41, 5.74) is 6.29. The SMILES string of the molecule is CC(C(O)c1ccccc1)N(C)CC1CC(c2ccc(CO)cc2)OC(c2cccc(-c3cccc(CNS(=O)(=O)c4ccccc4)c3)c2)O1. The van der Waals surface area contributed by atoms with Gasteiger partial charge in [-0.25, -0.2) is 13.1 Å². The van der Waals surface area contributed by atoms with Crippen LogP contribution in [0.5, 0.6) is 0 Å². The van der Waals surface area contributed by atoms with Gasteiger partial charge < -0.3 is 19.7 Å². The molecule has 1 heterocycles. The molecule has 6 rings (SSSR count). The lowest BCUT2D eigenvalue weighted by atomic mass is 9.97. The Kier molecular flexibility index (Phi) is 11.6. The highest BCUT2D eigenvalue weighted by Gasteiger charge is 2.34. The molecule has 1 saturated heterocycles. The van der Waals surface area contributed by atoms with E-state index in [9.17, 15) is 18.6 Å². The highest BCUT2D eigenvalue weighted by atomic mass is 32.2. The van der Waals surface area contributed by atoms with E-state index in [4.69, 9.17) is 9.47 Å². The second kappa shape index (κ2) is 16.2. The number of aliphatic hydroxyl groups is 2. The molecule has 0 amide bonds. The van der Waals surface area contributed by atoms with Gasteiger partial charge in [-0.2, -0.15) is 0 Å². The fraction of sp³-hybridized carbons (Fsp3) is 0.268. The molecule has 1 aliphatic heterocycles. The van der Waals surface area contributed by atoms with Crippen LogP contribution in [0.4, 0.5) is 0 Å². The van der Waals surface area contributed by atoms with Crippen LogP contribution in [0, 0.1) is 0 Å². The van der Waals surface area contributed by atoms with Gasteiger partial charge >= 0.3 is 0 Å². The maximum Gasteiger partial charge on any atom is 0.240 e. The quantitative estimate of drug-likeness (QED) is 0.123. The van der Waals surface area contributed by atoms with Gasteiger partial charge in [0.1, 0.15) is 0 Å². The molecule has 0 aromatic heterocycles. The molecule has 50 heavy (non-hydrogen) atoms. The predicted octanol–water partition coefficient (Wildman–Crippen LogP) is 6.92. The Labute approximate surface area is 295 Å². The Morgan fingerprint density at radius 1 is 0.780 bits per heavy atom. The summed E-state index contributed by atoms with van der Waals surface area (Å²) in [7, 11) is -1.64. The number of sulfonamides is 1. The molecule has 5 atom stereocenters. The number of aliphatic hydroxyl groups excluding tert-OH is 2. The minimum absolute atomic E-state index is 0.0283. The van der Waals surface area contributed by atoms with Crippen LogP contribution in [0.25, 0.3) is 11.1 Å². The lowest BCUT2D eigenvalue weighted by Crippen LogP contribution is -2.43. The average molecular weight is 693 g/mol. The topological polar surface area (TPSA) is 108 Å². The molecular weight excluding hydrogens is 649 g/mol. The molecule has 1 aliphatic rings. The summed E-state index contributed by atoms with van der Waals surface area (Å²) in [6.07, 6.45) is -1.14. The number of benzene rings is 5. The van der Waals surface area contributed by atoms with Crippen molar-refractivity contribution < 1.29 is 28.1 Å². The monoisotopic (exact) mass is 692 g/mol. The first kappa shape index (κ1) is 35.6. The van der Waals surface area contributed by atoms with Crippen molar-refractivity contribution in [2.75, 3.05) is 13.6 Å². The van der Waals surface area contributed by atoms with Gasteiger partial charge in [0.05, 0.1) is 29.8 Å². The van der Waals surface area contributed by atoms with Crippen LogP contribution < -0.4 is 4.72 Å². The Balaban J connectivity index is 1.21. The fourth-order valence-electron chi connectivity index (χ4n) is 6.28. The Morgan fingerprint density at radius 3 is 2.14 bits per heavy atom. The van der Waals surface area contributed by atoms with E-state index in [1.54, 1.807) is 30.3 Å². The first-order chi connectivity index (χ1) is 24.2. The Morgan fingerprint density at radius 2 is 1.44 bits per heavy atom. The van der Waals surface area contributed by atoms with E-state index in [-0.39, 0.29) is 36.3 Å². The molecule has 0 aliphatic carbocycles. The number of rotatable bonds is 13. The zero-order valence-corrected chi connectivity index (χ0v) is 29.1. The summed E-state index contributed by atoms with van der Waals surface area (Å²) >= 11 is 0. The highest BCUT2D eigenvalue weighted by molar-refractivity contribution is 7.89. The molecule has 0 bridgehead atoms. The van der Waals surface area contributed by atoms with Gasteiger partial charge in [0, 0.05) is 31.1 Å². The predicted molar refractivity (Wildman–Crippen MR) is 194 cm³/mol. The number of hydrogen-bond acceptors (Lipinski definition) is 7. The summed E-state index contributed by atoms with van der Waals surface area (Å²) in [5.74, 6) is 0. The van der Waals surface area contributed by atoms with Crippen LogP contribution in [0.2, 0.25) is 0 Å². The van der Waals surface area contributed by atoms with Crippen molar-refractivity contribution in [1.29, 1.82) is 0 Å². The van der Waals surface area contributed by atoms with Crippen LogP contribution in [0.1, 0.15) is 59.7 Å². The lowest BCUT2D eigenvalue weighted by molar-refractivity contribution is -0.253. The summed E-state index contributed by atoms with van der Waals surface area (Å²) in [6.45, 7) is 2.73. The van der Waals surface area contributed by atoms with Gasteiger partial charge in [0.25, 0.3) is 0 Å². The molecule has 260 valence electrons. The smallest absolute Gasteiger partial charge is 0.240 e. The number of nitrogens with zero attached hydrogens (tertiary/aromatic N) is 1. The number of likely N-dealkylation sites (N-methyl/N-ethyl adjacent to an activating group) is 1. The molecule has 9 heteroatoms. The minimum atomic E-state index is -3.64. The van der Waals surface area contributed by atoms with E-state index in [0.717, 1.165) is 38.9 Å². The van der Waals surface area contributed by atoms with Crippen molar-refractivity contribution in [2.24, 2.45) is 0 Å². The number of nitrogens with one attached hydrogen (secondary N) is 1. The van der Waals surface area contributed by atoms with Gasteiger partial charge in [-0.1, -0.05) is 109 Å². The molecule has 8 nitrogen and oxygen atoms in total. The summed E-state index contributed by atoms with van der Waals surface area (Å²) in [5, 5.41) is 20.7. The maximum atomic E-state index is 12.8. The third-order valence-corrected chi connectivity index (χ3v) is 10.8. The molecule has 0 radical (unpaired) electrons. The van der Waals surface area contributed by atoms with Crippen LogP contribution in [0.3, 0.4) is 0 Å². The molecule has 0 saturated carbocycles. The lowest BCUT2D eigenvalue weighted by Gasteiger charge is -2.39. The van der Waals surface area contributed by atoms with Gasteiger partial charge in [-0.15, -0.1) is 0 Å². The largest absolute Gasteiger partial charge is 0.392 e. The van der Waals surface area contributed by atoms with E-state index < -0.39 is 22.4 Å². The van der Waals surface area contributed by atoms with Crippen molar-refractivity contribution in [3.05, 3.63) is 161 Å².